The van der Waals surface area contributed by atoms with Crippen LogP contribution in [0.1, 0.15) is 11.1 Å². The summed E-state index contributed by atoms with van der Waals surface area (Å²) in [4.78, 5) is 17.3. The minimum Gasteiger partial charge on any atom is -0.350 e. The van der Waals surface area contributed by atoms with Crippen molar-refractivity contribution in [3.05, 3.63) is 90.4 Å². The molecule has 0 aliphatic carbocycles. The molecule has 0 atom stereocenters. The topological polar surface area (TPSA) is 63.6 Å². The zero-order valence-electron chi connectivity index (χ0n) is 15.6. The molecule has 0 unspecified atom stereocenters. The molecule has 0 amide bonds. The van der Waals surface area contributed by atoms with Crippen molar-refractivity contribution in [2.24, 2.45) is 0 Å². The summed E-state index contributed by atoms with van der Waals surface area (Å²) in [5, 5.41) is 3.14. The van der Waals surface area contributed by atoms with Crippen LogP contribution in [0.5, 0.6) is 0 Å². The Balaban J connectivity index is 1.66. The van der Waals surface area contributed by atoms with Crippen molar-refractivity contribution < 1.29 is 13.2 Å². The van der Waals surface area contributed by atoms with Crippen molar-refractivity contribution in [1.29, 1.82) is 0 Å². The molecule has 0 saturated heterocycles. The normalized spacial score (nSPS) is 11.3. The maximum Gasteiger partial charge on any atom is 0.416 e. The third-order valence-corrected chi connectivity index (χ3v) is 4.35. The van der Waals surface area contributed by atoms with Crippen LogP contribution in [0.2, 0.25) is 0 Å². The molecule has 2 aromatic heterocycles. The second kappa shape index (κ2) is 8.28. The van der Waals surface area contributed by atoms with Gasteiger partial charge in [0.05, 0.1) is 17.0 Å². The molecule has 0 saturated carbocycles. The standard InChI is InChI=1S/C22H16F3N5/c23-22(24,25)17-8-4-7-16(13-17)19-20(27-12-11-26-19)18-9-10-28-21(30-18)29-14-15-5-2-1-3-6-15/h1-13H,14H2,(H,28,29,30). The van der Waals surface area contributed by atoms with E-state index in [9.17, 15) is 13.2 Å². The van der Waals surface area contributed by atoms with Crippen molar-refractivity contribution in [2.75, 3.05) is 5.32 Å². The molecule has 4 aromatic rings. The summed E-state index contributed by atoms with van der Waals surface area (Å²) in [5.74, 6) is 0.386. The minimum atomic E-state index is -4.44. The average Bonchev–Trinajstić information content (AvgIpc) is 2.78. The van der Waals surface area contributed by atoms with Gasteiger partial charge in [0, 0.05) is 30.7 Å². The number of hydrogen-bond acceptors (Lipinski definition) is 5. The lowest BCUT2D eigenvalue weighted by Gasteiger charge is -2.11. The molecular weight excluding hydrogens is 391 g/mol. The van der Waals surface area contributed by atoms with Crippen LogP contribution in [0, 0.1) is 0 Å². The van der Waals surface area contributed by atoms with E-state index in [0.717, 1.165) is 17.7 Å². The Bertz CT molecular complexity index is 1150. The van der Waals surface area contributed by atoms with Crippen LogP contribution in [0.15, 0.2) is 79.3 Å². The largest absolute Gasteiger partial charge is 0.416 e. The number of hydrogen-bond donors (Lipinski definition) is 1. The molecule has 30 heavy (non-hydrogen) atoms. The molecule has 1 N–H and O–H groups in total. The predicted molar refractivity (Wildman–Crippen MR) is 107 cm³/mol. The second-order valence-electron chi connectivity index (χ2n) is 6.44. The fourth-order valence-corrected chi connectivity index (χ4v) is 2.93. The van der Waals surface area contributed by atoms with Crippen LogP contribution in [-0.2, 0) is 12.7 Å². The molecule has 0 aliphatic rings. The molecule has 0 fully saturated rings. The van der Waals surface area contributed by atoms with Crippen molar-refractivity contribution >= 4 is 5.95 Å². The first-order valence-corrected chi connectivity index (χ1v) is 9.10. The SMILES string of the molecule is FC(F)(F)c1cccc(-c2nccnc2-c2ccnc(NCc3ccccc3)n2)c1. The zero-order chi connectivity index (χ0) is 21.0. The lowest BCUT2D eigenvalue weighted by Crippen LogP contribution is -2.06. The molecule has 5 nitrogen and oxygen atoms in total. The van der Waals surface area contributed by atoms with E-state index in [1.54, 1.807) is 18.3 Å². The molecule has 8 heteroatoms. The smallest absolute Gasteiger partial charge is 0.350 e. The van der Waals surface area contributed by atoms with Gasteiger partial charge in [0.25, 0.3) is 0 Å². The summed E-state index contributed by atoms with van der Waals surface area (Å²) in [6.07, 6.45) is 0.0442. The van der Waals surface area contributed by atoms with Crippen LogP contribution in [0.25, 0.3) is 22.6 Å². The van der Waals surface area contributed by atoms with Gasteiger partial charge < -0.3 is 5.32 Å². The summed E-state index contributed by atoms with van der Waals surface area (Å²) in [6, 6.07) is 16.4. The summed E-state index contributed by atoms with van der Waals surface area (Å²) >= 11 is 0. The van der Waals surface area contributed by atoms with E-state index in [1.165, 1.54) is 18.5 Å². The van der Waals surface area contributed by atoms with E-state index >= 15 is 0 Å². The highest BCUT2D eigenvalue weighted by molar-refractivity contribution is 5.76. The lowest BCUT2D eigenvalue weighted by atomic mass is 10.0. The molecule has 0 spiro atoms. The molecular formula is C22H16F3N5. The Kier molecular flexibility index (Phi) is 5.38. The molecule has 4 rings (SSSR count). The fourth-order valence-electron chi connectivity index (χ4n) is 2.93. The molecule has 0 radical (unpaired) electrons. The summed E-state index contributed by atoms with van der Waals surface area (Å²) in [7, 11) is 0. The van der Waals surface area contributed by atoms with Gasteiger partial charge in [0.15, 0.2) is 0 Å². The van der Waals surface area contributed by atoms with E-state index in [0.29, 0.717) is 35.1 Å². The molecule has 0 aliphatic heterocycles. The minimum absolute atomic E-state index is 0.310. The first kappa shape index (κ1) is 19.5. The number of anilines is 1. The van der Waals surface area contributed by atoms with E-state index in [2.05, 4.69) is 25.3 Å². The van der Waals surface area contributed by atoms with E-state index in [-0.39, 0.29) is 0 Å². The maximum absolute atomic E-state index is 13.1. The quantitative estimate of drug-likeness (QED) is 0.491. The Labute approximate surface area is 170 Å². The number of nitrogens with zero attached hydrogens (tertiary/aromatic N) is 4. The average molecular weight is 407 g/mol. The highest BCUT2D eigenvalue weighted by Gasteiger charge is 2.30. The molecule has 2 heterocycles. The van der Waals surface area contributed by atoms with Crippen LogP contribution in [0.4, 0.5) is 19.1 Å². The Morgan fingerprint density at radius 3 is 2.30 bits per heavy atom. The maximum atomic E-state index is 13.1. The second-order valence-corrected chi connectivity index (χ2v) is 6.44. The first-order chi connectivity index (χ1) is 14.5. The summed E-state index contributed by atoms with van der Waals surface area (Å²) in [6.45, 7) is 0.533. The first-order valence-electron chi connectivity index (χ1n) is 9.10. The van der Waals surface area contributed by atoms with Crippen molar-refractivity contribution in [1.82, 2.24) is 19.9 Å². The van der Waals surface area contributed by atoms with Gasteiger partial charge in [-0.05, 0) is 23.8 Å². The van der Waals surface area contributed by atoms with Crippen LogP contribution >= 0.6 is 0 Å². The molecule has 0 bridgehead atoms. The highest BCUT2D eigenvalue weighted by Crippen LogP contribution is 2.34. The Morgan fingerprint density at radius 1 is 0.767 bits per heavy atom. The fraction of sp³-hybridized carbons (Fsp3) is 0.0909. The van der Waals surface area contributed by atoms with Gasteiger partial charge in [-0.25, -0.2) is 9.97 Å². The van der Waals surface area contributed by atoms with Gasteiger partial charge in [-0.3, -0.25) is 9.97 Å². The van der Waals surface area contributed by atoms with Crippen LogP contribution in [-0.4, -0.2) is 19.9 Å². The van der Waals surface area contributed by atoms with E-state index in [4.69, 9.17) is 0 Å². The Morgan fingerprint density at radius 2 is 1.53 bits per heavy atom. The molecule has 2 aromatic carbocycles. The molecule has 150 valence electrons. The van der Waals surface area contributed by atoms with Crippen molar-refractivity contribution in [2.45, 2.75) is 12.7 Å². The van der Waals surface area contributed by atoms with Gasteiger partial charge in [-0.1, -0.05) is 42.5 Å². The van der Waals surface area contributed by atoms with E-state index in [1.807, 2.05) is 30.3 Å². The third kappa shape index (κ3) is 4.43. The van der Waals surface area contributed by atoms with Crippen molar-refractivity contribution in [3.63, 3.8) is 0 Å². The van der Waals surface area contributed by atoms with Gasteiger partial charge in [-0.15, -0.1) is 0 Å². The van der Waals surface area contributed by atoms with Gasteiger partial charge in [0.1, 0.15) is 5.69 Å². The number of alkyl halides is 3. The number of rotatable bonds is 5. The predicted octanol–water partition coefficient (Wildman–Crippen LogP) is 5.23. The highest BCUT2D eigenvalue weighted by atomic mass is 19.4. The lowest BCUT2D eigenvalue weighted by molar-refractivity contribution is -0.137. The van der Waals surface area contributed by atoms with E-state index < -0.39 is 11.7 Å². The zero-order valence-corrected chi connectivity index (χ0v) is 15.6. The number of benzene rings is 2. The van der Waals surface area contributed by atoms with Gasteiger partial charge in [0.2, 0.25) is 5.95 Å². The van der Waals surface area contributed by atoms with Crippen molar-refractivity contribution in [3.8, 4) is 22.6 Å². The van der Waals surface area contributed by atoms with Gasteiger partial charge >= 0.3 is 6.18 Å². The number of nitrogens with one attached hydrogen (secondary N) is 1. The monoisotopic (exact) mass is 407 g/mol. The summed E-state index contributed by atoms with van der Waals surface area (Å²) < 4.78 is 39.4. The third-order valence-electron chi connectivity index (χ3n) is 4.35. The Hall–Kier alpha value is -3.81. The van der Waals surface area contributed by atoms with Gasteiger partial charge in [-0.2, -0.15) is 13.2 Å². The van der Waals surface area contributed by atoms with Crippen LogP contribution in [0.3, 0.4) is 0 Å². The number of aromatic nitrogens is 4. The number of halogens is 3. The summed E-state index contributed by atoms with van der Waals surface area (Å²) in [5.41, 5.74) is 1.78. The van der Waals surface area contributed by atoms with Crippen LogP contribution < -0.4 is 5.32 Å².